The summed E-state index contributed by atoms with van der Waals surface area (Å²) in [7, 11) is 2.02. The molecule has 3 N–H and O–H groups in total. The number of halogens is 2. The van der Waals surface area contributed by atoms with Crippen LogP contribution >= 0.6 is 23.2 Å². The molecule has 1 amide bonds. The van der Waals surface area contributed by atoms with E-state index in [1.54, 1.807) is 12.4 Å². The Morgan fingerprint density at radius 2 is 1.87 bits per heavy atom. The quantitative estimate of drug-likeness (QED) is 0.499. The van der Waals surface area contributed by atoms with Crippen molar-refractivity contribution in [2.24, 2.45) is 5.92 Å². The van der Waals surface area contributed by atoms with Crippen molar-refractivity contribution in [3.63, 3.8) is 0 Å². The van der Waals surface area contributed by atoms with Crippen LogP contribution < -0.4 is 21.1 Å². The minimum Gasteiger partial charge on any atom is -0.370 e. The van der Waals surface area contributed by atoms with Crippen LogP contribution in [0.3, 0.4) is 0 Å². The summed E-state index contributed by atoms with van der Waals surface area (Å²) < 4.78 is 6.49. The molecule has 1 saturated carbocycles. The molecule has 3 aliphatic heterocycles. The van der Waals surface area contributed by atoms with E-state index in [0.717, 1.165) is 63.1 Å². The number of nitrogens with zero attached hydrogens (tertiary/aromatic N) is 4. The largest absolute Gasteiger partial charge is 0.370 e. The molecule has 9 nitrogen and oxygen atoms in total. The van der Waals surface area contributed by atoms with Crippen molar-refractivity contribution < 1.29 is 9.53 Å². The van der Waals surface area contributed by atoms with Crippen molar-refractivity contribution in [2.45, 2.75) is 68.9 Å². The number of hydrogen-bond acceptors (Lipinski definition) is 8. The number of rotatable bonds is 5. The lowest BCUT2D eigenvalue weighted by molar-refractivity contribution is -0.127. The first kappa shape index (κ1) is 27.2. The van der Waals surface area contributed by atoms with Gasteiger partial charge in [-0.05, 0) is 63.6 Å². The lowest BCUT2D eigenvalue weighted by Crippen LogP contribution is -2.65. The zero-order chi connectivity index (χ0) is 27.1. The molecule has 1 aliphatic carbocycles. The molecule has 11 heteroatoms. The molecule has 0 radical (unpaired) electrons. The average molecular weight is 575 g/mol. The number of likely N-dealkylation sites (N-methyl/N-ethyl adjacent to an activating group) is 1. The smallest absolute Gasteiger partial charge is 0.234 e. The number of anilines is 1. The number of amides is 1. The summed E-state index contributed by atoms with van der Waals surface area (Å²) in [4.78, 5) is 25.5. The first-order valence-corrected chi connectivity index (χ1v) is 14.7. The molecule has 5 heterocycles. The molecule has 0 aromatic carbocycles. The van der Waals surface area contributed by atoms with Gasteiger partial charge in [-0.3, -0.25) is 20.1 Å². The fourth-order valence-corrected chi connectivity index (χ4v) is 7.72. The second kappa shape index (κ2) is 11.1. The van der Waals surface area contributed by atoms with Gasteiger partial charge in [-0.1, -0.05) is 29.3 Å². The van der Waals surface area contributed by atoms with Crippen LogP contribution in [-0.2, 0) is 9.53 Å². The van der Waals surface area contributed by atoms with Crippen LogP contribution in [0.25, 0.3) is 0 Å². The third kappa shape index (κ3) is 5.62. The number of pyridine rings is 2. The zero-order valence-electron chi connectivity index (χ0n) is 22.5. The van der Waals surface area contributed by atoms with Crippen LogP contribution in [0.5, 0.6) is 0 Å². The first-order chi connectivity index (χ1) is 18.8. The number of hydrazine groups is 1. The molecular weight excluding hydrogens is 537 g/mol. The minimum absolute atomic E-state index is 0.111. The number of aromatic nitrogens is 2. The second-order valence-corrected chi connectivity index (χ2v) is 12.5. The third-order valence-corrected chi connectivity index (χ3v) is 9.56. The Hall–Kier alpha value is -2.01. The van der Waals surface area contributed by atoms with Crippen molar-refractivity contribution in [1.29, 1.82) is 0 Å². The van der Waals surface area contributed by atoms with Gasteiger partial charge in [0.2, 0.25) is 5.91 Å². The number of piperidine rings is 1. The number of carbonyl (C=O) groups is 1. The summed E-state index contributed by atoms with van der Waals surface area (Å²) >= 11 is 12.8. The predicted octanol–water partition coefficient (Wildman–Crippen LogP) is 3.65. The number of fused-ring (bicyclic) bond motifs is 1. The van der Waals surface area contributed by atoms with E-state index in [1.165, 1.54) is 5.56 Å². The van der Waals surface area contributed by atoms with Gasteiger partial charge in [-0.25, -0.2) is 10.4 Å². The van der Waals surface area contributed by atoms with Crippen LogP contribution in [0.2, 0.25) is 10.0 Å². The van der Waals surface area contributed by atoms with Crippen LogP contribution in [0.4, 0.5) is 5.82 Å². The van der Waals surface area contributed by atoms with Gasteiger partial charge in [0.15, 0.2) is 0 Å². The molecule has 6 rings (SSSR count). The molecule has 4 aliphatic rings. The fraction of sp³-hybridized carbons (Fsp3) is 0.607. The predicted molar refractivity (Wildman–Crippen MR) is 152 cm³/mol. The van der Waals surface area contributed by atoms with Gasteiger partial charge in [0.25, 0.3) is 0 Å². The molecule has 4 fully saturated rings. The van der Waals surface area contributed by atoms with E-state index in [4.69, 9.17) is 32.9 Å². The Morgan fingerprint density at radius 3 is 2.56 bits per heavy atom. The summed E-state index contributed by atoms with van der Waals surface area (Å²) in [6, 6.07) is 4.91. The zero-order valence-corrected chi connectivity index (χ0v) is 24.0. The Kier molecular flexibility index (Phi) is 7.74. The highest BCUT2D eigenvalue weighted by Crippen LogP contribution is 2.41. The minimum atomic E-state index is -0.206. The number of carbonyl (C=O) groups excluding carboxylic acids is 1. The van der Waals surface area contributed by atoms with Crippen LogP contribution in [-0.4, -0.2) is 71.7 Å². The monoisotopic (exact) mass is 573 g/mol. The van der Waals surface area contributed by atoms with Gasteiger partial charge in [-0.15, -0.1) is 0 Å². The Balaban J connectivity index is 1.08. The number of ether oxygens (including phenoxy) is 1. The van der Waals surface area contributed by atoms with Gasteiger partial charge in [0, 0.05) is 49.8 Å². The van der Waals surface area contributed by atoms with E-state index in [0.29, 0.717) is 28.5 Å². The molecule has 210 valence electrons. The Morgan fingerprint density at radius 1 is 1.10 bits per heavy atom. The SMILES string of the molecule is C[C@@H](OC1CCC2NNC(c3ccc(N4CCC5(CC4)CN(C)CC(=O)N5)nc3)C2C1)c1c(Cl)cncc1Cl. The molecule has 5 atom stereocenters. The highest BCUT2D eigenvalue weighted by molar-refractivity contribution is 6.35. The lowest BCUT2D eigenvalue weighted by atomic mass is 9.78. The van der Waals surface area contributed by atoms with Crippen molar-refractivity contribution >= 4 is 34.9 Å². The van der Waals surface area contributed by atoms with Crippen LogP contribution in [0.15, 0.2) is 30.7 Å². The standard InChI is InChI=1S/C28H37Cl2N7O2/c1-17(26-21(29)13-31-14-22(26)30)39-19-4-5-23-20(11-19)27(35-34-23)18-3-6-24(32-12-18)37-9-7-28(8-10-37)16-36(2)15-25(38)33-28/h3,6,12-14,17,19-20,23,27,34-35H,4-5,7-11,15-16H2,1-2H3,(H,33,38)/t17-,19?,20?,23?,27?/m1/s1. The maximum atomic E-state index is 12.1. The third-order valence-electron chi connectivity index (χ3n) is 8.96. The van der Waals surface area contributed by atoms with E-state index < -0.39 is 0 Å². The molecule has 0 bridgehead atoms. The summed E-state index contributed by atoms with van der Waals surface area (Å²) in [6.45, 7) is 5.18. The molecule has 2 aromatic heterocycles. The Labute approximate surface area is 239 Å². The van der Waals surface area contributed by atoms with E-state index in [9.17, 15) is 4.79 Å². The van der Waals surface area contributed by atoms with Gasteiger partial charge in [0.1, 0.15) is 5.82 Å². The summed E-state index contributed by atoms with van der Waals surface area (Å²) in [6.07, 6.45) is 9.99. The van der Waals surface area contributed by atoms with Gasteiger partial charge in [0.05, 0.1) is 40.4 Å². The average Bonchev–Trinajstić information content (AvgIpc) is 3.32. The van der Waals surface area contributed by atoms with Crippen molar-refractivity contribution in [1.82, 2.24) is 31.0 Å². The lowest BCUT2D eigenvalue weighted by Gasteiger charge is -2.47. The fourth-order valence-electron chi connectivity index (χ4n) is 7.05. The molecule has 3 saturated heterocycles. The summed E-state index contributed by atoms with van der Waals surface area (Å²) in [5.74, 6) is 1.52. The summed E-state index contributed by atoms with van der Waals surface area (Å²) in [5.41, 5.74) is 8.92. The van der Waals surface area contributed by atoms with Crippen molar-refractivity contribution in [2.75, 3.05) is 38.1 Å². The molecule has 39 heavy (non-hydrogen) atoms. The van der Waals surface area contributed by atoms with Gasteiger partial charge in [-0.2, -0.15) is 0 Å². The molecule has 2 aromatic rings. The maximum absolute atomic E-state index is 12.1. The van der Waals surface area contributed by atoms with E-state index in [1.807, 2.05) is 20.2 Å². The molecule has 1 spiro atoms. The normalized spacial score (nSPS) is 29.7. The topological polar surface area (TPSA) is 94.7 Å². The highest BCUT2D eigenvalue weighted by atomic mass is 35.5. The van der Waals surface area contributed by atoms with E-state index >= 15 is 0 Å². The van der Waals surface area contributed by atoms with E-state index in [2.05, 4.69) is 43.1 Å². The number of hydrogen-bond donors (Lipinski definition) is 3. The maximum Gasteiger partial charge on any atom is 0.234 e. The van der Waals surface area contributed by atoms with E-state index in [-0.39, 0.29) is 29.7 Å². The van der Waals surface area contributed by atoms with Gasteiger partial charge >= 0.3 is 0 Å². The Bertz CT molecular complexity index is 1170. The van der Waals surface area contributed by atoms with Crippen molar-refractivity contribution in [3.05, 3.63) is 51.9 Å². The first-order valence-electron chi connectivity index (χ1n) is 14.0. The number of piperazine rings is 1. The second-order valence-electron chi connectivity index (χ2n) is 11.7. The highest BCUT2D eigenvalue weighted by Gasteiger charge is 2.43. The number of nitrogens with one attached hydrogen (secondary N) is 3. The van der Waals surface area contributed by atoms with Crippen LogP contribution in [0, 0.1) is 5.92 Å². The van der Waals surface area contributed by atoms with Crippen LogP contribution in [0.1, 0.15) is 62.3 Å². The molecule has 4 unspecified atom stereocenters. The van der Waals surface area contributed by atoms with Crippen molar-refractivity contribution in [3.8, 4) is 0 Å². The molecular formula is C28H37Cl2N7O2. The van der Waals surface area contributed by atoms with Gasteiger partial charge < -0.3 is 15.0 Å². The summed E-state index contributed by atoms with van der Waals surface area (Å²) in [5, 5.41) is 4.34.